The summed E-state index contributed by atoms with van der Waals surface area (Å²) in [5, 5.41) is 23.7. The third-order valence-corrected chi connectivity index (χ3v) is 1.65. The maximum absolute atomic E-state index is 9.60. The van der Waals surface area contributed by atoms with Gasteiger partial charge in [0.25, 0.3) is 0 Å². The molecule has 7 nitrogen and oxygen atoms in total. The van der Waals surface area contributed by atoms with E-state index < -0.39 is 17.9 Å². The molecule has 24 heavy (non-hydrogen) atoms. The van der Waals surface area contributed by atoms with Crippen LogP contribution < -0.4 is 0 Å². The van der Waals surface area contributed by atoms with E-state index in [-0.39, 0.29) is 16.7 Å². The fourth-order valence-corrected chi connectivity index (χ4v) is 0.289. The molecule has 0 aromatic carbocycles. The number of hydrogen-bond acceptors (Lipinski definition) is 4. The molecular weight excluding hydrogens is 316 g/mol. The average molecular weight is 346 g/mol. The fourth-order valence-electron chi connectivity index (χ4n) is 0.289. The first kappa shape index (κ1) is 29.6. The number of hydrogen-bond donors (Lipinski definition) is 3. The van der Waals surface area contributed by atoms with Crippen LogP contribution in [0, 0.1) is 0 Å². The van der Waals surface area contributed by atoms with Gasteiger partial charge >= 0.3 is 17.9 Å². The van der Waals surface area contributed by atoms with Gasteiger partial charge in [-0.2, -0.15) is 0 Å². The van der Waals surface area contributed by atoms with Gasteiger partial charge < -0.3 is 20.1 Å². The predicted octanol–water partition coefficient (Wildman–Crippen LogP) is 3.37. The van der Waals surface area contributed by atoms with Crippen molar-refractivity contribution in [3.63, 3.8) is 0 Å². The Hall–Kier alpha value is -2.41. The van der Waals surface area contributed by atoms with Crippen LogP contribution in [0.2, 0.25) is 0 Å². The maximum Gasteiger partial charge on any atom is 0.330 e. The molecule has 3 N–H and O–H groups in total. The molecular formula is C17H30O7. The molecule has 0 heterocycles. The van der Waals surface area contributed by atoms with E-state index in [2.05, 4.69) is 26.7 Å². The average Bonchev–Trinajstić information content (AvgIpc) is 2.46. The van der Waals surface area contributed by atoms with E-state index in [1.165, 1.54) is 20.8 Å². The van der Waals surface area contributed by atoms with Crippen LogP contribution in [0.3, 0.4) is 0 Å². The van der Waals surface area contributed by atoms with Gasteiger partial charge in [-0.25, -0.2) is 14.4 Å². The van der Waals surface area contributed by atoms with Crippen LogP contribution in [0.5, 0.6) is 0 Å². The van der Waals surface area contributed by atoms with E-state index in [1.54, 1.807) is 0 Å². The van der Waals surface area contributed by atoms with Crippen molar-refractivity contribution in [2.24, 2.45) is 0 Å². The van der Waals surface area contributed by atoms with Gasteiger partial charge in [0.05, 0.1) is 0 Å². The molecule has 0 unspecified atom stereocenters. The van der Waals surface area contributed by atoms with E-state index in [4.69, 9.17) is 20.1 Å². The summed E-state index contributed by atoms with van der Waals surface area (Å²) < 4.78 is 4.98. The molecule has 0 radical (unpaired) electrons. The van der Waals surface area contributed by atoms with Crippen molar-refractivity contribution < 1.29 is 34.4 Å². The highest BCUT2D eigenvalue weighted by molar-refractivity contribution is 5.85. The smallest absolute Gasteiger partial charge is 0.330 e. The molecule has 0 fully saturated rings. The fraction of sp³-hybridized carbons (Fsp3) is 0.471. The zero-order valence-electron chi connectivity index (χ0n) is 15.2. The molecule has 0 amide bonds. The molecule has 0 aromatic rings. The standard InChI is InChI=1S/C5H12O.3C4H6O2/c1-3-5-6-4-2;3*1-3(2)4(5)6/h3-5H2,1-2H3;3*1H2,2H3,(H,5,6). The second-order valence-electron chi connectivity index (χ2n) is 4.45. The molecule has 0 saturated heterocycles. The highest BCUT2D eigenvalue weighted by atomic mass is 16.5. The molecule has 0 spiro atoms. The topological polar surface area (TPSA) is 121 Å². The second kappa shape index (κ2) is 20.6. The van der Waals surface area contributed by atoms with Gasteiger partial charge in [0.15, 0.2) is 0 Å². The Morgan fingerprint density at radius 1 is 0.750 bits per heavy atom. The van der Waals surface area contributed by atoms with E-state index in [9.17, 15) is 14.4 Å². The van der Waals surface area contributed by atoms with Crippen molar-refractivity contribution in [3.05, 3.63) is 36.5 Å². The summed E-state index contributed by atoms with van der Waals surface area (Å²) in [6.07, 6.45) is 1.13. The largest absolute Gasteiger partial charge is 0.478 e. The van der Waals surface area contributed by atoms with Crippen molar-refractivity contribution in [1.82, 2.24) is 0 Å². The Morgan fingerprint density at radius 2 is 0.958 bits per heavy atom. The number of carbonyl (C=O) groups is 3. The normalized spacial score (nSPS) is 7.88. The van der Waals surface area contributed by atoms with Gasteiger partial charge in [-0.3, -0.25) is 0 Å². The summed E-state index contributed by atoms with van der Waals surface area (Å²) in [5.74, 6) is -2.81. The molecule has 0 saturated carbocycles. The highest BCUT2D eigenvalue weighted by Crippen LogP contribution is 1.82. The zero-order chi connectivity index (χ0) is 20.3. The van der Waals surface area contributed by atoms with Gasteiger partial charge in [-0.1, -0.05) is 26.7 Å². The van der Waals surface area contributed by atoms with E-state index in [0.717, 1.165) is 19.6 Å². The molecule has 0 aromatic heterocycles. The molecule has 140 valence electrons. The van der Waals surface area contributed by atoms with Crippen LogP contribution in [-0.4, -0.2) is 46.4 Å². The summed E-state index contributed by atoms with van der Waals surface area (Å²) in [4.78, 5) is 28.8. The Balaban J connectivity index is -0.000000111. The Kier molecular flexibility index (Phi) is 25.4. The lowest BCUT2D eigenvalue weighted by Gasteiger charge is -1.91. The van der Waals surface area contributed by atoms with Crippen molar-refractivity contribution in [2.75, 3.05) is 13.2 Å². The summed E-state index contributed by atoms with van der Waals surface area (Å²) in [7, 11) is 0. The summed E-state index contributed by atoms with van der Waals surface area (Å²) in [6.45, 7) is 19.7. The van der Waals surface area contributed by atoms with Crippen LogP contribution in [0.25, 0.3) is 0 Å². The van der Waals surface area contributed by atoms with Crippen molar-refractivity contribution in [3.8, 4) is 0 Å². The molecule has 0 bridgehead atoms. The minimum atomic E-state index is -0.935. The number of ether oxygens (including phenoxy) is 1. The van der Waals surface area contributed by atoms with Gasteiger partial charge in [0.2, 0.25) is 0 Å². The lowest BCUT2D eigenvalue weighted by atomic mass is 10.4. The maximum atomic E-state index is 9.60. The first-order valence-corrected chi connectivity index (χ1v) is 7.09. The first-order valence-electron chi connectivity index (χ1n) is 7.09. The van der Waals surface area contributed by atoms with Crippen LogP contribution in [0.15, 0.2) is 36.5 Å². The zero-order valence-corrected chi connectivity index (χ0v) is 15.2. The third kappa shape index (κ3) is 42.7. The molecule has 0 aliphatic carbocycles. The summed E-state index contributed by atoms with van der Waals surface area (Å²) in [5.41, 5.74) is 0.528. The Morgan fingerprint density at radius 3 is 1.00 bits per heavy atom. The van der Waals surface area contributed by atoms with Crippen LogP contribution in [0.1, 0.15) is 41.0 Å². The van der Waals surface area contributed by atoms with Crippen LogP contribution in [-0.2, 0) is 19.1 Å². The van der Waals surface area contributed by atoms with Gasteiger partial charge in [0, 0.05) is 29.9 Å². The van der Waals surface area contributed by atoms with Crippen molar-refractivity contribution >= 4 is 17.9 Å². The molecule has 0 aliphatic rings. The van der Waals surface area contributed by atoms with E-state index in [1.807, 2.05) is 6.92 Å². The molecule has 0 aliphatic heterocycles. The quantitative estimate of drug-likeness (QED) is 0.498. The van der Waals surface area contributed by atoms with E-state index >= 15 is 0 Å². The highest BCUT2D eigenvalue weighted by Gasteiger charge is 1.91. The number of carboxylic acids is 3. The van der Waals surface area contributed by atoms with E-state index in [0.29, 0.717) is 0 Å². The minimum absolute atomic E-state index is 0.176. The SMILES string of the molecule is C=C(C)C(=O)O.C=C(C)C(=O)O.C=C(C)C(=O)O.CCCOCC. The summed E-state index contributed by atoms with van der Waals surface area (Å²) in [6, 6.07) is 0. The Bertz CT molecular complexity index is 326. The third-order valence-electron chi connectivity index (χ3n) is 1.65. The van der Waals surface area contributed by atoms with Crippen molar-refractivity contribution in [2.45, 2.75) is 41.0 Å². The molecule has 0 rings (SSSR count). The monoisotopic (exact) mass is 346 g/mol. The lowest BCUT2D eigenvalue weighted by molar-refractivity contribution is -0.133. The van der Waals surface area contributed by atoms with Crippen molar-refractivity contribution in [1.29, 1.82) is 0 Å². The molecule has 0 atom stereocenters. The number of carboxylic acid groups (broad SMARTS) is 3. The lowest BCUT2D eigenvalue weighted by Crippen LogP contribution is -1.92. The van der Waals surface area contributed by atoms with Gasteiger partial charge in [0.1, 0.15) is 0 Å². The predicted molar refractivity (Wildman–Crippen MR) is 94.1 cm³/mol. The van der Waals surface area contributed by atoms with Crippen LogP contribution >= 0.6 is 0 Å². The number of rotatable bonds is 6. The first-order chi connectivity index (χ1) is 10.8. The number of aliphatic carboxylic acids is 3. The molecule has 7 heteroatoms. The second-order valence-corrected chi connectivity index (χ2v) is 4.45. The van der Waals surface area contributed by atoms with Gasteiger partial charge in [-0.15, -0.1) is 0 Å². The Labute approximate surface area is 144 Å². The minimum Gasteiger partial charge on any atom is -0.478 e. The van der Waals surface area contributed by atoms with Gasteiger partial charge in [-0.05, 0) is 34.1 Å². The summed E-state index contributed by atoms with van der Waals surface area (Å²) >= 11 is 0. The van der Waals surface area contributed by atoms with Crippen LogP contribution in [0.4, 0.5) is 0 Å².